The highest BCUT2D eigenvalue weighted by molar-refractivity contribution is 6.58. The van der Waals surface area contributed by atoms with Crippen LogP contribution in [0.4, 0.5) is 4.39 Å². The molecular formula is C9H14BFO3. The van der Waals surface area contributed by atoms with E-state index in [1.165, 1.54) is 19.2 Å². The molecule has 1 aromatic carbocycles. The van der Waals surface area contributed by atoms with Crippen molar-refractivity contribution >= 4 is 12.6 Å². The SMILES string of the molecule is CC.COc1ccc(F)c(B(O)O)c1. The van der Waals surface area contributed by atoms with Gasteiger partial charge in [-0.3, -0.25) is 0 Å². The third-order valence-electron chi connectivity index (χ3n) is 1.48. The molecule has 0 spiro atoms. The highest BCUT2D eigenvalue weighted by Gasteiger charge is 2.16. The lowest BCUT2D eigenvalue weighted by Gasteiger charge is -2.04. The van der Waals surface area contributed by atoms with E-state index in [0.717, 1.165) is 6.07 Å². The van der Waals surface area contributed by atoms with Crippen LogP contribution in [-0.2, 0) is 0 Å². The van der Waals surface area contributed by atoms with Crippen LogP contribution in [0.25, 0.3) is 0 Å². The molecule has 0 unspecified atom stereocenters. The second kappa shape index (κ2) is 6.40. The van der Waals surface area contributed by atoms with Crippen molar-refractivity contribution in [2.75, 3.05) is 7.11 Å². The Balaban J connectivity index is 0.000000791. The predicted octanol–water partition coefficient (Wildman–Crippen LogP) is 0.540. The first-order valence-electron chi connectivity index (χ1n) is 4.34. The van der Waals surface area contributed by atoms with E-state index in [1.807, 2.05) is 13.8 Å². The van der Waals surface area contributed by atoms with Gasteiger partial charge >= 0.3 is 7.12 Å². The van der Waals surface area contributed by atoms with Crippen LogP contribution >= 0.6 is 0 Å². The van der Waals surface area contributed by atoms with Crippen molar-refractivity contribution in [3.63, 3.8) is 0 Å². The Kier molecular flexibility index (Phi) is 5.91. The molecular weight excluding hydrogens is 186 g/mol. The Bertz CT molecular complexity index is 279. The fourth-order valence-electron chi connectivity index (χ4n) is 0.847. The van der Waals surface area contributed by atoms with Gasteiger partial charge in [-0.25, -0.2) is 4.39 Å². The molecule has 2 N–H and O–H groups in total. The van der Waals surface area contributed by atoms with Crippen molar-refractivity contribution in [3.05, 3.63) is 24.0 Å². The molecule has 78 valence electrons. The van der Waals surface area contributed by atoms with Crippen molar-refractivity contribution in [2.24, 2.45) is 0 Å². The number of ether oxygens (including phenoxy) is 1. The fraction of sp³-hybridized carbons (Fsp3) is 0.333. The van der Waals surface area contributed by atoms with Crippen LogP contribution in [0.5, 0.6) is 5.75 Å². The monoisotopic (exact) mass is 200 g/mol. The van der Waals surface area contributed by atoms with Gasteiger partial charge in [0.1, 0.15) is 11.6 Å². The zero-order chi connectivity index (χ0) is 11.1. The van der Waals surface area contributed by atoms with E-state index >= 15 is 0 Å². The molecule has 0 atom stereocenters. The quantitative estimate of drug-likeness (QED) is 0.685. The summed E-state index contributed by atoms with van der Waals surface area (Å²) in [5.41, 5.74) is -0.186. The summed E-state index contributed by atoms with van der Waals surface area (Å²) >= 11 is 0. The maximum Gasteiger partial charge on any atom is 0.491 e. The molecule has 0 heterocycles. The summed E-state index contributed by atoms with van der Waals surface area (Å²) in [5.74, 6) is -0.273. The predicted molar refractivity (Wildman–Crippen MR) is 54.1 cm³/mol. The Morgan fingerprint density at radius 2 is 1.86 bits per heavy atom. The lowest BCUT2D eigenvalue weighted by molar-refractivity contribution is 0.409. The molecule has 0 saturated carbocycles. The average Bonchev–Trinajstić information content (AvgIpc) is 2.21. The van der Waals surface area contributed by atoms with E-state index in [4.69, 9.17) is 14.8 Å². The largest absolute Gasteiger partial charge is 0.497 e. The van der Waals surface area contributed by atoms with Gasteiger partial charge in [0.2, 0.25) is 0 Å². The topological polar surface area (TPSA) is 49.7 Å². The maximum absolute atomic E-state index is 12.8. The van der Waals surface area contributed by atoms with Gasteiger partial charge in [-0.15, -0.1) is 0 Å². The van der Waals surface area contributed by atoms with Gasteiger partial charge in [0.25, 0.3) is 0 Å². The second-order valence-corrected chi connectivity index (χ2v) is 2.26. The average molecular weight is 200 g/mol. The van der Waals surface area contributed by atoms with Gasteiger partial charge in [0, 0.05) is 5.46 Å². The first kappa shape index (κ1) is 12.9. The standard InChI is InChI=1S/C7H8BFO3.C2H6/c1-12-5-2-3-7(9)6(4-5)8(10)11;1-2/h2-4,10-11H,1H3;1-2H3. The van der Waals surface area contributed by atoms with Crippen LogP contribution in [0, 0.1) is 5.82 Å². The second-order valence-electron chi connectivity index (χ2n) is 2.26. The molecule has 0 aliphatic heterocycles. The summed E-state index contributed by atoms with van der Waals surface area (Å²) in [6.45, 7) is 4.00. The molecule has 0 aliphatic rings. The Morgan fingerprint density at radius 1 is 1.29 bits per heavy atom. The first-order chi connectivity index (χ1) is 6.65. The maximum atomic E-state index is 12.8. The summed E-state index contributed by atoms with van der Waals surface area (Å²) < 4.78 is 17.6. The molecule has 1 aromatic rings. The summed E-state index contributed by atoms with van der Waals surface area (Å²) in [6, 6.07) is 3.76. The minimum absolute atomic E-state index is 0.186. The molecule has 0 aliphatic carbocycles. The zero-order valence-electron chi connectivity index (χ0n) is 8.49. The number of hydrogen-bond acceptors (Lipinski definition) is 3. The van der Waals surface area contributed by atoms with Gasteiger partial charge in [0.15, 0.2) is 0 Å². The van der Waals surface area contributed by atoms with E-state index in [2.05, 4.69) is 0 Å². The van der Waals surface area contributed by atoms with Crippen LogP contribution < -0.4 is 10.2 Å². The number of benzene rings is 1. The highest BCUT2D eigenvalue weighted by Crippen LogP contribution is 2.08. The lowest BCUT2D eigenvalue weighted by Crippen LogP contribution is -2.32. The first-order valence-corrected chi connectivity index (χ1v) is 4.34. The molecule has 5 heteroatoms. The highest BCUT2D eigenvalue weighted by atomic mass is 19.1. The van der Waals surface area contributed by atoms with Crippen LogP contribution in [0.1, 0.15) is 13.8 Å². The van der Waals surface area contributed by atoms with E-state index in [0.29, 0.717) is 5.75 Å². The van der Waals surface area contributed by atoms with Gasteiger partial charge in [-0.2, -0.15) is 0 Å². The molecule has 0 amide bonds. The Labute approximate surface area is 83.3 Å². The van der Waals surface area contributed by atoms with Crippen LogP contribution in [0.15, 0.2) is 18.2 Å². The fourth-order valence-corrected chi connectivity index (χ4v) is 0.847. The molecule has 14 heavy (non-hydrogen) atoms. The summed E-state index contributed by atoms with van der Waals surface area (Å²) in [5, 5.41) is 17.4. The number of methoxy groups -OCH3 is 1. The Hall–Kier alpha value is -1.07. The molecule has 3 nitrogen and oxygen atoms in total. The van der Waals surface area contributed by atoms with E-state index in [-0.39, 0.29) is 5.46 Å². The van der Waals surface area contributed by atoms with Gasteiger partial charge in [-0.05, 0) is 18.2 Å². The Morgan fingerprint density at radius 3 is 2.29 bits per heavy atom. The molecule has 0 fully saturated rings. The summed E-state index contributed by atoms with van der Waals surface area (Å²) in [6.07, 6.45) is 0. The number of rotatable bonds is 2. The minimum atomic E-state index is -1.81. The normalized spacial score (nSPS) is 8.71. The van der Waals surface area contributed by atoms with Crippen molar-refractivity contribution in [1.82, 2.24) is 0 Å². The smallest absolute Gasteiger partial charge is 0.491 e. The van der Waals surface area contributed by atoms with Crippen LogP contribution in [0.2, 0.25) is 0 Å². The third-order valence-corrected chi connectivity index (χ3v) is 1.48. The lowest BCUT2D eigenvalue weighted by atomic mass is 9.80. The van der Waals surface area contributed by atoms with Gasteiger partial charge < -0.3 is 14.8 Å². The molecule has 1 rings (SSSR count). The van der Waals surface area contributed by atoms with Crippen molar-refractivity contribution in [1.29, 1.82) is 0 Å². The van der Waals surface area contributed by atoms with Gasteiger partial charge in [-0.1, -0.05) is 13.8 Å². The minimum Gasteiger partial charge on any atom is -0.497 e. The summed E-state index contributed by atoms with van der Waals surface area (Å²) in [4.78, 5) is 0. The van der Waals surface area contributed by atoms with Gasteiger partial charge in [0.05, 0.1) is 7.11 Å². The molecule has 0 saturated heterocycles. The van der Waals surface area contributed by atoms with Crippen molar-refractivity contribution in [2.45, 2.75) is 13.8 Å². The third kappa shape index (κ3) is 3.36. The van der Waals surface area contributed by atoms with Crippen molar-refractivity contribution < 1.29 is 19.2 Å². The molecule has 0 radical (unpaired) electrons. The van der Waals surface area contributed by atoms with E-state index in [1.54, 1.807) is 0 Å². The van der Waals surface area contributed by atoms with E-state index in [9.17, 15) is 4.39 Å². The van der Waals surface area contributed by atoms with Crippen molar-refractivity contribution in [3.8, 4) is 5.75 Å². The number of hydrogen-bond donors (Lipinski definition) is 2. The molecule has 0 aromatic heterocycles. The molecule has 0 bridgehead atoms. The van der Waals surface area contributed by atoms with E-state index < -0.39 is 12.9 Å². The number of halogens is 1. The van der Waals surface area contributed by atoms with Crippen LogP contribution in [0.3, 0.4) is 0 Å². The summed E-state index contributed by atoms with van der Waals surface area (Å²) in [7, 11) is -0.388. The zero-order valence-corrected chi connectivity index (χ0v) is 8.49. The van der Waals surface area contributed by atoms with Crippen LogP contribution in [-0.4, -0.2) is 24.3 Å².